The van der Waals surface area contributed by atoms with Gasteiger partial charge in [-0.05, 0) is 30.9 Å². The van der Waals surface area contributed by atoms with E-state index in [1.54, 1.807) is 19.1 Å². The predicted molar refractivity (Wildman–Crippen MR) is 92.8 cm³/mol. The fourth-order valence-corrected chi connectivity index (χ4v) is 4.56. The predicted octanol–water partition coefficient (Wildman–Crippen LogP) is 1.70. The Labute approximate surface area is 148 Å². The summed E-state index contributed by atoms with van der Waals surface area (Å²) in [6.45, 7) is 2.82. The second-order valence-corrected chi connectivity index (χ2v) is 8.28. The Balaban J connectivity index is 2.16. The second-order valence-electron chi connectivity index (χ2n) is 6.37. The van der Waals surface area contributed by atoms with Crippen LogP contribution in [0.4, 0.5) is 0 Å². The number of hydrogen-bond acceptors (Lipinski definition) is 4. The molecule has 138 valence electrons. The van der Waals surface area contributed by atoms with E-state index in [2.05, 4.69) is 5.32 Å². The number of amides is 1. The van der Waals surface area contributed by atoms with Crippen LogP contribution in [0, 0.1) is 5.92 Å². The number of aliphatic carboxylic acids is 1. The zero-order valence-electron chi connectivity index (χ0n) is 14.3. The van der Waals surface area contributed by atoms with E-state index in [1.807, 2.05) is 0 Å². The number of carbonyl (C=O) groups excluding carboxylic acids is 1. The molecule has 8 heteroatoms. The van der Waals surface area contributed by atoms with Crippen LogP contribution < -0.4 is 5.32 Å². The number of piperidine rings is 1. The van der Waals surface area contributed by atoms with Gasteiger partial charge in [-0.15, -0.1) is 0 Å². The zero-order valence-corrected chi connectivity index (χ0v) is 15.1. The number of nitrogens with one attached hydrogen (secondary N) is 1. The molecule has 0 bridgehead atoms. The van der Waals surface area contributed by atoms with Crippen molar-refractivity contribution in [3.05, 3.63) is 29.8 Å². The summed E-state index contributed by atoms with van der Waals surface area (Å²) in [7, 11) is -3.72. The molecule has 25 heavy (non-hydrogen) atoms. The number of benzene rings is 1. The molecular formula is C17H24N2O5S. The third-order valence-electron chi connectivity index (χ3n) is 4.20. The lowest BCUT2D eigenvalue weighted by molar-refractivity contribution is -0.137. The summed E-state index contributed by atoms with van der Waals surface area (Å²) in [6.07, 6.45) is 2.59. The molecule has 1 saturated heterocycles. The molecular weight excluding hydrogens is 344 g/mol. The Kier molecular flexibility index (Phi) is 6.55. The van der Waals surface area contributed by atoms with Gasteiger partial charge in [0, 0.05) is 26.1 Å². The van der Waals surface area contributed by atoms with E-state index in [0.29, 0.717) is 13.1 Å². The van der Waals surface area contributed by atoms with Crippen LogP contribution in [0.15, 0.2) is 29.2 Å². The molecule has 0 radical (unpaired) electrons. The van der Waals surface area contributed by atoms with Gasteiger partial charge >= 0.3 is 5.97 Å². The topological polar surface area (TPSA) is 104 Å². The van der Waals surface area contributed by atoms with E-state index in [9.17, 15) is 18.0 Å². The first-order chi connectivity index (χ1) is 11.8. The van der Waals surface area contributed by atoms with Crippen LogP contribution in [-0.2, 0) is 14.8 Å². The Morgan fingerprint density at radius 3 is 2.48 bits per heavy atom. The fraction of sp³-hybridized carbons (Fsp3) is 0.529. The Morgan fingerprint density at radius 1 is 1.20 bits per heavy atom. The van der Waals surface area contributed by atoms with E-state index in [1.165, 1.54) is 16.4 Å². The van der Waals surface area contributed by atoms with Gasteiger partial charge in [0.25, 0.3) is 5.91 Å². The van der Waals surface area contributed by atoms with Gasteiger partial charge in [-0.3, -0.25) is 9.59 Å². The molecule has 2 N–H and O–H groups in total. The summed E-state index contributed by atoms with van der Waals surface area (Å²) in [6, 6.07) is 6.14. The second kappa shape index (κ2) is 8.44. The average molecular weight is 368 g/mol. The molecule has 1 aromatic rings. The normalized spacial score (nSPS) is 17.0. The van der Waals surface area contributed by atoms with Crippen molar-refractivity contribution in [1.29, 1.82) is 0 Å². The minimum absolute atomic E-state index is 0.000266. The van der Waals surface area contributed by atoms with Crippen molar-refractivity contribution in [3.8, 4) is 0 Å². The number of sulfonamides is 1. The van der Waals surface area contributed by atoms with Gasteiger partial charge in [0.15, 0.2) is 0 Å². The summed E-state index contributed by atoms with van der Waals surface area (Å²) in [5.74, 6) is -1.68. The van der Waals surface area contributed by atoms with Gasteiger partial charge in [-0.25, -0.2) is 8.42 Å². The Morgan fingerprint density at radius 2 is 1.84 bits per heavy atom. The maximum atomic E-state index is 12.9. The van der Waals surface area contributed by atoms with Crippen molar-refractivity contribution in [3.63, 3.8) is 0 Å². The van der Waals surface area contributed by atoms with Crippen LogP contribution in [0.5, 0.6) is 0 Å². The summed E-state index contributed by atoms with van der Waals surface area (Å²) < 4.78 is 27.2. The summed E-state index contributed by atoms with van der Waals surface area (Å²) >= 11 is 0. The van der Waals surface area contributed by atoms with Crippen LogP contribution in [0.3, 0.4) is 0 Å². The highest BCUT2D eigenvalue weighted by molar-refractivity contribution is 7.89. The minimum Gasteiger partial charge on any atom is -0.481 e. The molecule has 1 amide bonds. The molecule has 2 rings (SSSR count). The lowest BCUT2D eigenvalue weighted by atomic mass is 10.1. The number of carboxylic acid groups (broad SMARTS) is 1. The number of hydrogen-bond donors (Lipinski definition) is 2. The van der Waals surface area contributed by atoms with E-state index >= 15 is 0 Å². The molecule has 1 atom stereocenters. The third kappa shape index (κ3) is 5.02. The van der Waals surface area contributed by atoms with Crippen molar-refractivity contribution in [1.82, 2.24) is 9.62 Å². The minimum atomic E-state index is -3.72. The number of carboxylic acids is 1. The molecule has 1 heterocycles. The highest BCUT2D eigenvalue weighted by Gasteiger charge is 2.29. The number of carbonyl (C=O) groups is 2. The van der Waals surface area contributed by atoms with E-state index in [0.717, 1.165) is 19.3 Å². The van der Waals surface area contributed by atoms with Crippen LogP contribution in [0.1, 0.15) is 43.0 Å². The fourth-order valence-electron chi connectivity index (χ4n) is 2.86. The largest absolute Gasteiger partial charge is 0.481 e. The maximum absolute atomic E-state index is 12.9. The third-order valence-corrected chi connectivity index (χ3v) is 6.16. The van der Waals surface area contributed by atoms with Gasteiger partial charge in [0.05, 0.1) is 10.5 Å². The quantitative estimate of drug-likeness (QED) is 0.762. The average Bonchev–Trinajstić information content (AvgIpc) is 2.60. The van der Waals surface area contributed by atoms with Crippen LogP contribution in [0.2, 0.25) is 0 Å². The summed E-state index contributed by atoms with van der Waals surface area (Å²) in [4.78, 5) is 23.1. The number of nitrogens with zero attached hydrogens (tertiary/aromatic N) is 1. The van der Waals surface area contributed by atoms with Crippen LogP contribution in [0.25, 0.3) is 0 Å². The molecule has 0 saturated carbocycles. The molecule has 0 aliphatic carbocycles. The van der Waals surface area contributed by atoms with Crippen molar-refractivity contribution < 1.29 is 23.1 Å². The van der Waals surface area contributed by atoms with Gasteiger partial charge in [-0.1, -0.05) is 25.5 Å². The number of rotatable bonds is 7. The van der Waals surface area contributed by atoms with Crippen molar-refractivity contribution in [2.45, 2.75) is 37.5 Å². The van der Waals surface area contributed by atoms with Crippen molar-refractivity contribution in [2.75, 3.05) is 19.6 Å². The van der Waals surface area contributed by atoms with Gasteiger partial charge in [-0.2, -0.15) is 4.31 Å². The van der Waals surface area contributed by atoms with Crippen LogP contribution >= 0.6 is 0 Å². The summed E-state index contributed by atoms with van der Waals surface area (Å²) in [5.41, 5.74) is 0.0931. The van der Waals surface area contributed by atoms with E-state index < -0.39 is 21.9 Å². The SMILES string of the molecule is CC(CNC(=O)c1ccccc1S(=O)(=O)N1CCCCC1)CC(=O)O. The van der Waals surface area contributed by atoms with E-state index in [-0.39, 0.29) is 29.3 Å². The molecule has 1 aliphatic rings. The Bertz CT molecular complexity index is 726. The lowest BCUT2D eigenvalue weighted by Crippen LogP contribution is -2.37. The monoisotopic (exact) mass is 368 g/mol. The standard InChI is InChI=1S/C17H24N2O5S/c1-13(11-16(20)21)12-18-17(22)14-7-3-4-8-15(14)25(23,24)19-9-5-2-6-10-19/h3-4,7-8,13H,2,5-6,9-12H2,1H3,(H,18,22)(H,20,21). The molecule has 1 fully saturated rings. The zero-order chi connectivity index (χ0) is 18.4. The van der Waals surface area contributed by atoms with Gasteiger partial charge in [0.2, 0.25) is 10.0 Å². The first-order valence-corrected chi connectivity index (χ1v) is 9.85. The smallest absolute Gasteiger partial charge is 0.303 e. The van der Waals surface area contributed by atoms with Crippen molar-refractivity contribution in [2.24, 2.45) is 5.92 Å². The maximum Gasteiger partial charge on any atom is 0.303 e. The molecule has 0 spiro atoms. The molecule has 1 unspecified atom stereocenters. The highest BCUT2D eigenvalue weighted by Crippen LogP contribution is 2.23. The van der Waals surface area contributed by atoms with Crippen LogP contribution in [-0.4, -0.2) is 49.3 Å². The Hall–Kier alpha value is -1.93. The highest BCUT2D eigenvalue weighted by atomic mass is 32.2. The van der Waals surface area contributed by atoms with Gasteiger partial charge in [0.1, 0.15) is 0 Å². The molecule has 7 nitrogen and oxygen atoms in total. The molecule has 1 aliphatic heterocycles. The van der Waals surface area contributed by atoms with E-state index in [4.69, 9.17) is 5.11 Å². The summed E-state index contributed by atoms with van der Waals surface area (Å²) in [5, 5.41) is 11.4. The lowest BCUT2D eigenvalue weighted by Gasteiger charge is -2.26. The molecule has 1 aromatic carbocycles. The first-order valence-electron chi connectivity index (χ1n) is 8.41. The van der Waals surface area contributed by atoms with Gasteiger partial charge < -0.3 is 10.4 Å². The first kappa shape index (κ1) is 19.4. The van der Waals surface area contributed by atoms with Crippen molar-refractivity contribution >= 4 is 21.9 Å². The molecule has 0 aromatic heterocycles.